The van der Waals surface area contributed by atoms with E-state index >= 15 is 0 Å². The fourth-order valence-electron chi connectivity index (χ4n) is 2.48. The third-order valence-corrected chi connectivity index (χ3v) is 4.05. The molecule has 0 bridgehead atoms. The van der Waals surface area contributed by atoms with Gasteiger partial charge in [0.05, 0.1) is 10.6 Å². The minimum atomic E-state index is -0.237. The third kappa shape index (κ3) is 5.65. The van der Waals surface area contributed by atoms with Gasteiger partial charge in [0.25, 0.3) is 5.91 Å². The maximum atomic E-state index is 12.4. The van der Waals surface area contributed by atoms with E-state index in [9.17, 15) is 9.59 Å². The van der Waals surface area contributed by atoms with Gasteiger partial charge in [0, 0.05) is 25.2 Å². The molecule has 1 aliphatic heterocycles. The highest BCUT2D eigenvalue weighted by Gasteiger charge is 2.13. The van der Waals surface area contributed by atoms with E-state index in [0.717, 1.165) is 19.5 Å². The molecule has 0 saturated carbocycles. The lowest BCUT2D eigenvalue weighted by atomic mass is 10.1. The molecule has 0 aliphatic carbocycles. The van der Waals surface area contributed by atoms with E-state index in [1.54, 1.807) is 18.2 Å². The van der Waals surface area contributed by atoms with Crippen LogP contribution in [-0.2, 0) is 4.79 Å². The van der Waals surface area contributed by atoms with Crippen molar-refractivity contribution in [3.05, 3.63) is 40.4 Å². The molecule has 24 heavy (non-hydrogen) atoms. The molecule has 0 spiro atoms. The van der Waals surface area contributed by atoms with Gasteiger partial charge in [-0.15, -0.1) is 0 Å². The highest BCUT2D eigenvalue weighted by Crippen LogP contribution is 2.21. The number of hydrogen-bond donors (Lipinski definition) is 3. The molecule has 0 radical (unpaired) electrons. The molecule has 0 atom stereocenters. The Hall–Kier alpha value is -1.85. The molecule has 1 aromatic carbocycles. The van der Waals surface area contributed by atoms with Crippen LogP contribution in [-0.4, -0.2) is 31.4 Å². The van der Waals surface area contributed by atoms with Crippen LogP contribution in [0.3, 0.4) is 0 Å². The number of amides is 2. The summed E-state index contributed by atoms with van der Waals surface area (Å²) < 4.78 is 0. The van der Waals surface area contributed by atoms with Crippen molar-refractivity contribution in [2.24, 2.45) is 5.92 Å². The van der Waals surface area contributed by atoms with Crippen molar-refractivity contribution in [1.82, 2.24) is 10.6 Å². The number of rotatable bonds is 6. The quantitative estimate of drug-likeness (QED) is 0.691. The van der Waals surface area contributed by atoms with Crippen molar-refractivity contribution in [3.8, 4) is 0 Å². The summed E-state index contributed by atoms with van der Waals surface area (Å²) in [4.78, 5) is 24.2. The van der Waals surface area contributed by atoms with E-state index in [2.05, 4.69) is 22.0 Å². The SMILES string of the molecule is CC(C)CC(=O)Nc1ccc(Cl)c(C(=O)NCC2=CCNCC2)c1. The van der Waals surface area contributed by atoms with Crippen molar-refractivity contribution >= 4 is 29.1 Å². The zero-order valence-electron chi connectivity index (χ0n) is 14.1. The largest absolute Gasteiger partial charge is 0.348 e. The summed E-state index contributed by atoms with van der Waals surface area (Å²) in [6, 6.07) is 4.95. The normalized spacial score (nSPS) is 14.2. The van der Waals surface area contributed by atoms with Crippen LogP contribution in [0.15, 0.2) is 29.8 Å². The van der Waals surface area contributed by atoms with Crippen LogP contribution in [0.2, 0.25) is 5.02 Å². The average Bonchev–Trinajstić information content (AvgIpc) is 2.54. The standard InChI is InChI=1S/C18H24ClN3O2/c1-12(2)9-17(23)22-14-3-4-16(19)15(10-14)18(24)21-11-13-5-7-20-8-6-13/h3-5,10,12,20H,6-9,11H2,1-2H3,(H,21,24)(H,22,23). The first-order chi connectivity index (χ1) is 11.5. The molecule has 1 heterocycles. The van der Waals surface area contributed by atoms with Gasteiger partial charge in [-0.3, -0.25) is 9.59 Å². The number of carbonyl (C=O) groups is 2. The second-order valence-corrected chi connectivity index (χ2v) is 6.75. The number of anilines is 1. The van der Waals surface area contributed by atoms with Crippen molar-refractivity contribution < 1.29 is 9.59 Å². The average molecular weight is 350 g/mol. The van der Waals surface area contributed by atoms with Gasteiger partial charge in [0.2, 0.25) is 5.91 Å². The number of nitrogens with one attached hydrogen (secondary N) is 3. The van der Waals surface area contributed by atoms with Crippen LogP contribution in [0, 0.1) is 5.92 Å². The van der Waals surface area contributed by atoms with Gasteiger partial charge in [0.15, 0.2) is 0 Å². The molecule has 1 aliphatic rings. The zero-order valence-corrected chi connectivity index (χ0v) is 14.9. The van der Waals surface area contributed by atoms with Gasteiger partial charge in [-0.25, -0.2) is 0 Å². The minimum Gasteiger partial charge on any atom is -0.348 e. The van der Waals surface area contributed by atoms with Gasteiger partial charge in [-0.05, 0) is 37.1 Å². The van der Waals surface area contributed by atoms with Gasteiger partial charge < -0.3 is 16.0 Å². The van der Waals surface area contributed by atoms with Crippen molar-refractivity contribution in [2.45, 2.75) is 26.7 Å². The summed E-state index contributed by atoms with van der Waals surface area (Å²) in [5.74, 6) is -0.0312. The summed E-state index contributed by atoms with van der Waals surface area (Å²) in [7, 11) is 0. The molecule has 5 nitrogen and oxygen atoms in total. The highest BCUT2D eigenvalue weighted by atomic mass is 35.5. The molecule has 2 amide bonds. The fraction of sp³-hybridized carbons (Fsp3) is 0.444. The lowest BCUT2D eigenvalue weighted by Gasteiger charge is -2.15. The first-order valence-electron chi connectivity index (χ1n) is 8.22. The Kier molecular flexibility index (Phi) is 6.82. The highest BCUT2D eigenvalue weighted by molar-refractivity contribution is 6.34. The van der Waals surface area contributed by atoms with Gasteiger partial charge >= 0.3 is 0 Å². The van der Waals surface area contributed by atoms with Gasteiger partial charge in [-0.2, -0.15) is 0 Å². The molecule has 130 valence electrons. The van der Waals surface area contributed by atoms with Gasteiger partial charge in [-0.1, -0.05) is 37.1 Å². The third-order valence-electron chi connectivity index (χ3n) is 3.72. The lowest BCUT2D eigenvalue weighted by Crippen LogP contribution is -2.29. The molecule has 0 aromatic heterocycles. The molecule has 2 rings (SSSR count). The second kappa shape index (κ2) is 8.85. The number of halogens is 1. The van der Waals surface area contributed by atoms with Crippen LogP contribution in [0.25, 0.3) is 0 Å². The maximum Gasteiger partial charge on any atom is 0.253 e. The smallest absolute Gasteiger partial charge is 0.253 e. The number of hydrogen-bond acceptors (Lipinski definition) is 3. The maximum absolute atomic E-state index is 12.4. The van der Waals surface area contributed by atoms with E-state index in [1.165, 1.54) is 5.57 Å². The number of benzene rings is 1. The van der Waals surface area contributed by atoms with Crippen LogP contribution < -0.4 is 16.0 Å². The Morgan fingerprint density at radius 2 is 2.12 bits per heavy atom. The minimum absolute atomic E-state index is 0.0708. The summed E-state index contributed by atoms with van der Waals surface area (Å²) in [6.45, 7) is 6.25. The summed E-state index contributed by atoms with van der Waals surface area (Å²) >= 11 is 6.14. The van der Waals surface area contributed by atoms with Crippen LogP contribution in [0.5, 0.6) is 0 Å². The van der Waals surface area contributed by atoms with E-state index in [-0.39, 0.29) is 17.7 Å². The van der Waals surface area contributed by atoms with Crippen LogP contribution in [0.1, 0.15) is 37.0 Å². The Morgan fingerprint density at radius 3 is 2.79 bits per heavy atom. The molecular formula is C18H24ClN3O2. The molecule has 1 aromatic rings. The summed E-state index contributed by atoms with van der Waals surface area (Å²) in [5, 5.41) is 9.29. The molecule has 0 fully saturated rings. The van der Waals surface area contributed by atoms with E-state index in [1.807, 2.05) is 13.8 Å². The first-order valence-corrected chi connectivity index (χ1v) is 8.59. The van der Waals surface area contributed by atoms with E-state index in [4.69, 9.17) is 11.6 Å². The van der Waals surface area contributed by atoms with Crippen molar-refractivity contribution in [3.63, 3.8) is 0 Å². The fourth-order valence-corrected chi connectivity index (χ4v) is 2.68. The Balaban J connectivity index is 2.00. The predicted molar refractivity (Wildman–Crippen MR) is 97.4 cm³/mol. The molecule has 0 unspecified atom stereocenters. The molecule has 0 saturated heterocycles. The van der Waals surface area contributed by atoms with E-state index < -0.39 is 0 Å². The Labute approximate surface area is 147 Å². The topological polar surface area (TPSA) is 70.2 Å². The van der Waals surface area contributed by atoms with Crippen molar-refractivity contribution in [1.29, 1.82) is 0 Å². The molecule has 6 heteroatoms. The summed E-state index contributed by atoms with van der Waals surface area (Å²) in [6.07, 6.45) is 3.46. The Morgan fingerprint density at radius 1 is 1.33 bits per heavy atom. The Bertz CT molecular complexity index is 641. The number of carbonyl (C=O) groups excluding carboxylic acids is 2. The first kappa shape index (κ1) is 18.5. The summed E-state index contributed by atoms with van der Waals surface area (Å²) in [5.41, 5.74) is 2.16. The van der Waals surface area contributed by atoms with Crippen LogP contribution in [0.4, 0.5) is 5.69 Å². The van der Waals surface area contributed by atoms with E-state index in [0.29, 0.717) is 29.2 Å². The van der Waals surface area contributed by atoms with Crippen molar-refractivity contribution in [2.75, 3.05) is 25.0 Å². The molecule has 3 N–H and O–H groups in total. The lowest BCUT2D eigenvalue weighted by molar-refractivity contribution is -0.116. The van der Waals surface area contributed by atoms with Gasteiger partial charge in [0.1, 0.15) is 0 Å². The second-order valence-electron chi connectivity index (χ2n) is 6.34. The monoisotopic (exact) mass is 349 g/mol. The van der Waals surface area contributed by atoms with Crippen LogP contribution >= 0.6 is 11.6 Å². The predicted octanol–water partition coefficient (Wildman–Crippen LogP) is 2.97. The zero-order chi connectivity index (χ0) is 17.5. The molecular weight excluding hydrogens is 326 g/mol.